The van der Waals surface area contributed by atoms with Gasteiger partial charge in [0.25, 0.3) is 5.56 Å². The number of benzene rings is 2. The molecule has 0 N–H and O–H groups in total. The van der Waals surface area contributed by atoms with E-state index in [4.69, 9.17) is 9.72 Å². The van der Waals surface area contributed by atoms with Crippen molar-refractivity contribution in [3.05, 3.63) is 58.9 Å². The van der Waals surface area contributed by atoms with Crippen LogP contribution in [0.15, 0.2) is 63.4 Å². The Balaban J connectivity index is 1.54. The molecule has 0 aliphatic carbocycles. The number of carbonyl (C=O) groups excluding carboxylic acids is 1. The summed E-state index contributed by atoms with van der Waals surface area (Å²) in [6.07, 6.45) is 0.856. The lowest BCUT2D eigenvalue weighted by molar-refractivity contribution is -0.116. The number of ether oxygens (including phenoxy) is 1. The molecule has 1 aliphatic rings. The first-order chi connectivity index (χ1) is 15.5. The maximum atomic E-state index is 13.2. The number of aromatic nitrogens is 2. The molecule has 0 bridgehead atoms. The van der Waals surface area contributed by atoms with Crippen LogP contribution >= 0.6 is 23.5 Å². The Bertz CT molecular complexity index is 1160. The van der Waals surface area contributed by atoms with Crippen LogP contribution < -0.4 is 10.5 Å². The summed E-state index contributed by atoms with van der Waals surface area (Å²) in [5.74, 6) is 1.13. The fourth-order valence-electron chi connectivity index (χ4n) is 3.63. The molecule has 0 saturated carbocycles. The Labute approximate surface area is 196 Å². The van der Waals surface area contributed by atoms with Crippen molar-refractivity contribution in [2.45, 2.75) is 43.0 Å². The van der Waals surface area contributed by atoms with Gasteiger partial charge < -0.3 is 9.64 Å². The summed E-state index contributed by atoms with van der Waals surface area (Å²) in [6.45, 7) is 5.75. The largest absolute Gasteiger partial charge is 0.379 e. The minimum absolute atomic E-state index is 0.0276. The molecule has 0 fully saturated rings. The molecule has 8 heteroatoms. The number of anilines is 1. The second-order valence-electron chi connectivity index (χ2n) is 7.79. The topological polar surface area (TPSA) is 64.4 Å². The Morgan fingerprint density at radius 3 is 2.81 bits per heavy atom. The van der Waals surface area contributed by atoms with Crippen LogP contribution in [0.25, 0.3) is 10.9 Å². The summed E-state index contributed by atoms with van der Waals surface area (Å²) in [4.78, 5) is 33.9. The molecule has 2 aromatic carbocycles. The molecular formula is C24H27N3O3S2. The molecule has 3 aromatic rings. The monoisotopic (exact) mass is 469 g/mol. The molecular weight excluding hydrogens is 442 g/mol. The molecule has 1 amide bonds. The normalized spacial score (nSPS) is 13.5. The van der Waals surface area contributed by atoms with E-state index in [1.807, 2.05) is 61.2 Å². The van der Waals surface area contributed by atoms with Gasteiger partial charge >= 0.3 is 0 Å². The maximum Gasteiger partial charge on any atom is 0.262 e. The minimum atomic E-state index is -0.0742. The van der Waals surface area contributed by atoms with E-state index in [2.05, 4.69) is 0 Å². The van der Waals surface area contributed by atoms with Crippen LogP contribution in [0.5, 0.6) is 0 Å². The van der Waals surface area contributed by atoms with Crippen LogP contribution in [0.2, 0.25) is 0 Å². The Morgan fingerprint density at radius 2 is 1.97 bits per heavy atom. The molecule has 0 atom stereocenters. The van der Waals surface area contributed by atoms with Crippen LogP contribution in [0.3, 0.4) is 0 Å². The van der Waals surface area contributed by atoms with Crippen LogP contribution in [0, 0.1) is 0 Å². The highest BCUT2D eigenvalue weighted by molar-refractivity contribution is 8.00. The summed E-state index contributed by atoms with van der Waals surface area (Å²) >= 11 is 3.10. The zero-order chi connectivity index (χ0) is 22.5. The van der Waals surface area contributed by atoms with Crippen molar-refractivity contribution in [3.63, 3.8) is 0 Å². The number of para-hydroxylation sites is 2. The summed E-state index contributed by atoms with van der Waals surface area (Å²) in [5, 5.41) is 1.17. The zero-order valence-electron chi connectivity index (χ0n) is 18.3. The van der Waals surface area contributed by atoms with E-state index in [1.54, 1.807) is 22.4 Å². The number of fused-ring (bicyclic) bond motifs is 2. The van der Waals surface area contributed by atoms with Gasteiger partial charge in [-0.3, -0.25) is 14.2 Å². The first-order valence-corrected chi connectivity index (χ1v) is 12.8. The summed E-state index contributed by atoms with van der Waals surface area (Å²) in [7, 11) is 0. The van der Waals surface area contributed by atoms with E-state index in [9.17, 15) is 9.59 Å². The molecule has 168 valence electrons. The van der Waals surface area contributed by atoms with Gasteiger partial charge in [-0.25, -0.2) is 4.98 Å². The number of rotatable bonds is 8. The maximum absolute atomic E-state index is 13.2. The van der Waals surface area contributed by atoms with Crippen molar-refractivity contribution < 1.29 is 9.53 Å². The second-order valence-corrected chi connectivity index (χ2v) is 9.87. The quantitative estimate of drug-likeness (QED) is 0.276. The zero-order valence-corrected chi connectivity index (χ0v) is 20.0. The standard InChI is InChI=1S/C24H27N3O3S2/c1-17(2)30-14-7-12-27-23(29)18-8-3-4-9-19(18)25-24(27)32-16-22(28)26-13-15-31-21-11-6-5-10-20(21)26/h3-6,8-11,17H,7,12-16H2,1-2H3. The van der Waals surface area contributed by atoms with Gasteiger partial charge in [0.1, 0.15) is 0 Å². The lowest BCUT2D eigenvalue weighted by Gasteiger charge is -2.29. The molecule has 0 saturated heterocycles. The summed E-state index contributed by atoms with van der Waals surface area (Å²) < 4.78 is 7.32. The van der Waals surface area contributed by atoms with E-state index in [1.165, 1.54) is 11.8 Å². The second kappa shape index (κ2) is 10.6. The average molecular weight is 470 g/mol. The van der Waals surface area contributed by atoms with Crippen molar-refractivity contribution in [1.29, 1.82) is 0 Å². The van der Waals surface area contributed by atoms with Crippen molar-refractivity contribution in [1.82, 2.24) is 9.55 Å². The molecule has 1 aliphatic heterocycles. The van der Waals surface area contributed by atoms with Crippen molar-refractivity contribution in [2.24, 2.45) is 0 Å². The van der Waals surface area contributed by atoms with Gasteiger partial charge in [0, 0.05) is 30.3 Å². The van der Waals surface area contributed by atoms with Gasteiger partial charge in [-0.2, -0.15) is 0 Å². The van der Waals surface area contributed by atoms with E-state index in [0.717, 1.165) is 16.3 Å². The Hall–Kier alpha value is -2.29. The third-order valence-corrected chi connectivity index (χ3v) is 7.16. The van der Waals surface area contributed by atoms with Crippen LogP contribution in [-0.2, 0) is 16.1 Å². The lowest BCUT2D eigenvalue weighted by Crippen LogP contribution is -2.36. The SMILES string of the molecule is CC(C)OCCCn1c(SCC(=O)N2CCSc3ccccc32)nc2ccccc2c1=O. The van der Waals surface area contributed by atoms with Crippen LogP contribution in [-0.4, -0.2) is 46.2 Å². The van der Waals surface area contributed by atoms with E-state index in [-0.39, 0.29) is 23.3 Å². The highest BCUT2D eigenvalue weighted by atomic mass is 32.2. The number of amides is 1. The summed E-state index contributed by atoms with van der Waals surface area (Å²) in [5.41, 5.74) is 1.54. The van der Waals surface area contributed by atoms with Crippen molar-refractivity contribution >= 4 is 46.0 Å². The molecule has 0 radical (unpaired) electrons. The number of hydrogen-bond donors (Lipinski definition) is 0. The molecule has 6 nitrogen and oxygen atoms in total. The summed E-state index contributed by atoms with van der Waals surface area (Å²) in [6, 6.07) is 15.4. The van der Waals surface area contributed by atoms with E-state index >= 15 is 0 Å². The fourth-order valence-corrected chi connectivity index (χ4v) is 5.53. The lowest BCUT2D eigenvalue weighted by atomic mass is 10.2. The van der Waals surface area contributed by atoms with Gasteiger partial charge in [0.15, 0.2) is 5.16 Å². The predicted molar refractivity (Wildman–Crippen MR) is 132 cm³/mol. The van der Waals surface area contributed by atoms with Gasteiger partial charge in [-0.05, 0) is 44.5 Å². The number of hydrogen-bond acceptors (Lipinski definition) is 6. The van der Waals surface area contributed by atoms with Gasteiger partial charge in [0.05, 0.1) is 28.4 Å². The predicted octanol–water partition coefficient (Wildman–Crippen LogP) is 4.44. The number of nitrogens with zero attached hydrogens (tertiary/aromatic N) is 3. The first-order valence-electron chi connectivity index (χ1n) is 10.8. The molecule has 4 rings (SSSR count). The molecule has 2 heterocycles. The Morgan fingerprint density at radius 1 is 1.19 bits per heavy atom. The van der Waals surface area contributed by atoms with Crippen molar-refractivity contribution in [3.8, 4) is 0 Å². The van der Waals surface area contributed by atoms with Gasteiger partial charge in [-0.15, -0.1) is 11.8 Å². The number of thioether (sulfide) groups is 2. The molecule has 0 unspecified atom stereocenters. The molecule has 0 spiro atoms. The highest BCUT2D eigenvalue weighted by Crippen LogP contribution is 2.34. The molecule has 32 heavy (non-hydrogen) atoms. The number of carbonyl (C=O) groups is 1. The average Bonchev–Trinajstić information content (AvgIpc) is 2.81. The Kier molecular flexibility index (Phi) is 7.55. The van der Waals surface area contributed by atoms with Crippen molar-refractivity contribution in [2.75, 3.05) is 29.6 Å². The molecule has 1 aromatic heterocycles. The van der Waals surface area contributed by atoms with Crippen LogP contribution in [0.1, 0.15) is 20.3 Å². The van der Waals surface area contributed by atoms with Gasteiger partial charge in [0.2, 0.25) is 5.91 Å². The van der Waals surface area contributed by atoms with Crippen LogP contribution in [0.4, 0.5) is 5.69 Å². The smallest absolute Gasteiger partial charge is 0.262 e. The fraction of sp³-hybridized carbons (Fsp3) is 0.375. The van der Waals surface area contributed by atoms with E-state index in [0.29, 0.717) is 42.2 Å². The van der Waals surface area contributed by atoms with Gasteiger partial charge in [-0.1, -0.05) is 36.0 Å². The first kappa shape index (κ1) is 22.9. The third kappa shape index (κ3) is 5.19. The van der Waals surface area contributed by atoms with E-state index < -0.39 is 0 Å². The minimum Gasteiger partial charge on any atom is -0.379 e. The highest BCUT2D eigenvalue weighted by Gasteiger charge is 2.23. The third-order valence-electron chi connectivity index (χ3n) is 5.16.